The first-order valence-corrected chi connectivity index (χ1v) is 3.89. The smallest absolute Gasteiger partial charge is 0.286 e. The highest BCUT2D eigenvalue weighted by Crippen LogP contribution is 1.97. The Morgan fingerprint density at radius 1 is 1.62 bits per heavy atom. The van der Waals surface area contributed by atoms with Gasteiger partial charge in [-0.15, -0.1) is 0 Å². The average Bonchev–Trinajstić information content (AvgIpc) is 2.52. The fourth-order valence-electron chi connectivity index (χ4n) is 0.912. The normalized spacial score (nSPS) is 9.92. The van der Waals surface area contributed by atoms with Crippen LogP contribution in [-0.4, -0.2) is 26.6 Å². The molecular weight excluding hydrogens is 172 g/mol. The quantitative estimate of drug-likeness (QED) is 0.701. The van der Waals surface area contributed by atoms with Crippen molar-refractivity contribution in [2.24, 2.45) is 5.73 Å². The molecule has 2 N–H and O–H groups in total. The molecule has 0 bridgehead atoms. The van der Waals surface area contributed by atoms with Crippen molar-refractivity contribution in [1.82, 2.24) is 14.8 Å². The third-order valence-electron chi connectivity index (χ3n) is 1.47. The van der Waals surface area contributed by atoms with Crippen molar-refractivity contribution in [3.8, 4) is 0 Å². The Morgan fingerprint density at radius 3 is 2.85 bits per heavy atom. The van der Waals surface area contributed by atoms with Crippen LogP contribution in [0.5, 0.6) is 0 Å². The molecule has 6 heteroatoms. The van der Waals surface area contributed by atoms with E-state index >= 15 is 0 Å². The molecule has 0 spiro atoms. The van der Waals surface area contributed by atoms with Gasteiger partial charge in [0, 0.05) is 6.42 Å². The zero-order valence-corrected chi connectivity index (χ0v) is 7.23. The largest absolute Gasteiger partial charge is 0.363 e. The lowest BCUT2D eigenvalue weighted by Gasteiger charge is -1.99. The molecule has 0 fully saturated rings. The van der Waals surface area contributed by atoms with Crippen LogP contribution in [0, 0.1) is 0 Å². The monoisotopic (exact) mass is 182 g/mol. The van der Waals surface area contributed by atoms with E-state index in [0.29, 0.717) is 12.8 Å². The van der Waals surface area contributed by atoms with Gasteiger partial charge in [0.2, 0.25) is 11.7 Å². The van der Waals surface area contributed by atoms with Gasteiger partial charge in [-0.25, -0.2) is 4.98 Å². The van der Waals surface area contributed by atoms with E-state index in [1.807, 2.05) is 6.92 Å². The highest BCUT2D eigenvalue weighted by Gasteiger charge is 2.15. The molecule has 0 radical (unpaired) electrons. The van der Waals surface area contributed by atoms with Gasteiger partial charge in [-0.3, -0.25) is 9.59 Å². The number of nitrogens with zero attached hydrogens (tertiary/aromatic N) is 3. The maximum Gasteiger partial charge on any atom is 0.286 e. The van der Waals surface area contributed by atoms with E-state index < -0.39 is 5.91 Å². The lowest BCUT2D eigenvalue weighted by atomic mass is 10.3. The maximum absolute atomic E-state index is 11.3. The molecule has 1 rings (SSSR count). The van der Waals surface area contributed by atoms with Gasteiger partial charge in [-0.05, 0) is 6.42 Å². The van der Waals surface area contributed by atoms with Crippen molar-refractivity contribution in [3.05, 3.63) is 12.2 Å². The van der Waals surface area contributed by atoms with E-state index in [4.69, 9.17) is 5.73 Å². The van der Waals surface area contributed by atoms with Crippen LogP contribution in [-0.2, 0) is 0 Å². The van der Waals surface area contributed by atoms with Gasteiger partial charge in [0.1, 0.15) is 6.33 Å². The molecule has 0 unspecified atom stereocenters. The number of hydrogen-bond donors (Lipinski definition) is 1. The van der Waals surface area contributed by atoms with Crippen LogP contribution in [0.1, 0.15) is 35.2 Å². The number of amides is 1. The Hall–Kier alpha value is -1.72. The summed E-state index contributed by atoms with van der Waals surface area (Å²) in [4.78, 5) is 25.6. The average molecular weight is 182 g/mol. The lowest BCUT2D eigenvalue weighted by Crippen LogP contribution is -2.23. The first-order valence-electron chi connectivity index (χ1n) is 3.89. The topological polar surface area (TPSA) is 90.9 Å². The molecule has 0 saturated heterocycles. The van der Waals surface area contributed by atoms with Gasteiger partial charge in [-0.2, -0.15) is 9.78 Å². The van der Waals surface area contributed by atoms with Crippen LogP contribution >= 0.6 is 0 Å². The molecule has 6 nitrogen and oxygen atoms in total. The number of aromatic nitrogens is 3. The Kier molecular flexibility index (Phi) is 2.73. The van der Waals surface area contributed by atoms with E-state index in [1.54, 1.807) is 0 Å². The number of primary amides is 1. The first-order chi connectivity index (χ1) is 6.16. The summed E-state index contributed by atoms with van der Waals surface area (Å²) in [5.74, 6) is -1.13. The molecule has 70 valence electrons. The standard InChI is InChI=1S/C7H10N4O2/c1-2-3-5(12)11-7(6(8)13)9-4-10-11/h4H,2-3H2,1H3,(H2,8,13). The Balaban J connectivity index is 2.93. The Bertz CT molecular complexity index is 331. The summed E-state index contributed by atoms with van der Waals surface area (Å²) in [6, 6.07) is 0. The summed E-state index contributed by atoms with van der Waals surface area (Å²) in [6.07, 6.45) is 2.15. The van der Waals surface area contributed by atoms with E-state index in [0.717, 1.165) is 11.0 Å². The molecule has 1 aromatic heterocycles. The Labute approximate surface area is 74.7 Å². The number of hydrogen-bond acceptors (Lipinski definition) is 4. The SMILES string of the molecule is CCCC(=O)n1ncnc1C(N)=O. The molecule has 1 heterocycles. The fourth-order valence-corrected chi connectivity index (χ4v) is 0.912. The Morgan fingerprint density at radius 2 is 2.31 bits per heavy atom. The fraction of sp³-hybridized carbons (Fsp3) is 0.429. The summed E-state index contributed by atoms with van der Waals surface area (Å²) in [5.41, 5.74) is 4.98. The number of rotatable bonds is 3. The first kappa shape index (κ1) is 9.37. The number of nitrogens with two attached hydrogens (primary N) is 1. The second-order valence-electron chi connectivity index (χ2n) is 2.50. The molecule has 1 amide bonds. The van der Waals surface area contributed by atoms with Crippen molar-refractivity contribution in [2.45, 2.75) is 19.8 Å². The number of carbonyl (C=O) groups excluding carboxylic acids is 2. The molecule has 0 saturated carbocycles. The van der Waals surface area contributed by atoms with Crippen molar-refractivity contribution in [3.63, 3.8) is 0 Å². The molecular formula is C7H10N4O2. The maximum atomic E-state index is 11.3. The molecule has 0 aliphatic rings. The summed E-state index contributed by atoms with van der Waals surface area (Å²) in [5, 5.41) is 3.61. The summed E-state index contributed by atoms with van der Waals surface area (Å²) in [6.45, 7) is 1.86. The second-order valence-corrected chi connectivity index (χ2v) is 2.50. The van der Waals surface area contributed by atoms with E-state index in [1.165, 1.54) is 0 Å². The molecule has 1 aromatic rings. The van der Waals surface area contributed by atoms with Crippen LogP contribution < -0.4 is 5.73 Å². The number of carbonyl (C=O) groups is 2. The van der Waals surface area contributed by atoms with Crippen LogP contribution in [0.15, 0.2) is 6.33 Å². The minimum Gasteiger partial charge on any atom is -0.363 e. The van der Waals surface area contributed by atoms with Gasteiger partial charge in [0.25, 0.3) is 5.91 Å². The van der Waals surface area contributed by atoms with Crippen molar-refractivity contribution < 1.29 is 9.59 Å². The van der Waals surface area contributed by atoms with Crippen LogP contribution in [0.25, 0.3) is 0 Å². The third kappa shape index (κ3) is 1.90. The van der Waals surface area contributed by atoms with E-state index in [-0.39, 0.29) is 11.7 Å². The van der Waals surface area contributed by atoms with Crippen LogP contribution in [0.2, 0.25) is 0 Å². The summed E-state index contributed by atoms with van der Waals surface area (Å²) >= 11 is 0. The molecule has 13 heavy (non-hydrogen) atoms. The predicted octanol–water partition coefficient (Wildman–Crippen LogP) is -0.183. The summed E-state index contributed by atoms with van der Waals surface area (Å²) < 4.78 is 0.936. The van der Waals surface area contributed by atoms with Gasteiger partial charge in [-0.1, -0.05) is 6.92 Å². The van der Waals surface area contributed by atoms with Gasteiger partial charge in [0.05, 0.1) is 0 Å². The van der Waals surface area contributed by atoms with Gasteiger partial charge >= 0.3 is 0 Å². The molecule has 0 aliphatic heterocycles. The highest BCUT2D eigenvalue weighted by molar-refractivity contribution is 5.93. The highest BCUT2D eigenvalue weighted by atomic mass is 16.2. The van der Waals surface area contributed by atoms with E-state index in [2.05, 4.69) is 10.1 Å². The molecule has 0 aromatic carbocycles. The summed E-state index contributed by atoms with van der Waals surface area (Å²) in [7, 11) is 0. The zero-order valence-electron chi connectivity index (χ0n) is 7.23. The lowest BCUT2D eigenvalue weighted by molar-refractivity contribution is 0.0859. The van der Waals surface area contributed by atoms with Crippen molar-refractivity contribution >= 4 is 11.8 Å². The molecule has 0 aliphatic carbocycles. The molecule has 0 atom stereocenters. The predicted molar refractivity (Wildman–Crippen MR) is 44.1 cm³/mol. The van der Waals surface area contributed by atoms with Crippen molar-refractivity contribution in [1.29, 1.82) is 0 Å². The van der Waals surface area contributed by atoms with E-state index in [9.17, 15) is 9.59 Å². The third-order valence-corrected chi connectivity index (χ3v) is 1.47. The van der Waals surface area contributed by atoms with Gasteiger partial charge in [0.15, 0.2) is 0 Å². The minimum atomic E-state index is -0.748. The van der Waals surface area contributed by atoms with Gasteiger partial charge < -0.3 is 5.73 Å². The second kappa shape index (κ2) is 3.79. The zero-order chi connectivity index (χ0) is 9.84. The van der Waals surface area contributed by atoms with Crippen LogP contribution in [0.3, 0.4) is 0 Å². The van der Waals surface area contributed by atoms with Crippen molar-refractivity contribution in [2.75, 3.05) is 0 Å². The van der Waals surface area contributed by atoms with Crippen LogP contribution in [0.4, 0.5) is 0 Å². The minimum absolute atomic E-state index is 0.113.